The molecule has 0 aliphatic carbocycles. The van der Waals surface area contributed by atoms with E-state index in [9.17, 15) is 9.59 Å². The van der Waals surface area contributed by atoms with Gasteiger partial charge in [-0.1, -0.05) is 0 Å². The number of rotatable bonds is 4. The van der Waals surface area contributed by atoms with Crippen LogP contribution in [0.3, 0.4) is 0 Å². The van der Waals surface area contributed by atoms with E-state index in [2.05, 4.69) is 10.2 Å². The fraction of sp³-hybridized carbons (Fsp3) is 0.545. The zero-order valence-corrected chi connectivity index (χ0v) is 9.43. The summed E-state index contributed by atoms with van der Waals surface area (Å²) in [5, 5.41) is 15.0. The average Bonchev–Trinajstić information content (AvgIpc) is 2.97. The normalized spacial score (nSPS) is 19.5. The molecule has 2 rings (SSSR count). The van der Waals surface area contributed by atoms with Gasteiger partial charge in [-0.25, -0.2) is 0 Å². The number of carboxylic acids is 1. The number of hydrogen-bond donors (Lipinski definition) is 2. The molecule has 1 atom stereocenters. The molecule has 92 valence electrons. The van der Waals surface area contributed by atoms with Crippen molar-refractivity contribution in [2.75, 3.05) is 13.1 Å². The lowest BCUT2D eigenvalue weighted by molar-refractivity contribution is -0.137. The van der Waals surface area contributed by atoms with Crippen LogP contribution in [-0.2, 0) is 4.79 Å². The van der Waals surface area contributed by atoms with Gasteiger partial charge in [-0.2, -0.15) is 5.10 Å². The van der Waals surface area contributed by atoms with E-state index in [1.54, 1.807) is 11.1 Å². The minimum Gasteiger partial charge on any atom is -0.481 e. The highest BCUT2D eigenvalue weighted by atomic mass is 16.4. The van der Waals surface area contributed by atoms with Crippen molar-refractivity contribution < 1.29 is 14.7 Å². The zero-order chi connectivity index (χ0) is 12.3. The van der Waals surface area contributed by atoms with E-state index in [0.29, 0.717) is 31.0 Å². The number of aromatic amines is 1. The largest absolute Gasteiger partial charge is 0.481 e. The topological polar surface area (TPSA) is 86.3 Å². The molecule has 0 radical (unpaired) electrons. The number of likely N-dealkylation sites (tertiary alicyclic amines) is 1. The van der Waals surface area contributed by atoms with E-state index >= 15 is 0 Å². The number of nitrogens with one attached hydrogen (secondary N) is 1. The Morgan fingerprint density at radius 3 is 3.06 bits per heavy atom. The third kappa shape index (κ3) is 2.83. The molecular formula is C11H15N3O3. The first-order valence-corrected chi connectivity index (χ1v) is 5.66. The Hall–Kier alpha value is -1.85. The van der Waals surface area contributed by atoms with Gasteiger partial charge in [0.25, 0.3) is 5.91 Å². The van der Waals surface area contributed by atoms with Crippen molar-refractivity contribution in [1.82, 2.24) is 15.1 Å². The van der Waals surface area contributed by atoms with E-state index in [1.165, 1.54) is 6.20 Å². The second-order valence-corrected chi connectivity index (χ2v) is 4.33. The lowest BCUT2D eigenvalue weighted by atomic mass is 10.0. The van der Waals surface area contributed by atoms with Crippen LogP contribution in [0.1, 0.15) is 29.6 Å². The molecule has 6 heteroatoms. The highest BCUT2D eigenvalue weighted by Gasteiger charge is 2.27. The van der Waals surface area contributed by atoms with E-state index in [4.69, 9.17) is 5.11 Å². The van der Waals surface area contributed by atoms with E-state index in [0.717, 1.165) is 6.42 Å². The zero-order valence-electron chi connectivity index (χ0n) is 9.43. The lowest BCUT2D eigenvalue weighted by Crippen LogP contribution is -2.28. The van der Waals surface area contributed by atoms with Gasteiger partial charge in [-0.05, 0) is 18.8 Å². The molecule has 1 aliphatic heterocycles. The number of hydrogen-bond acceptors (Lipinski definition) is 3. The molecule has 1 aromatic heterocycles. The average molecular weight is 237 g/mol. The van der Waals surface area contributed by atoms with Crippen LogP contribution in [0, 0.1) is 5.92 Å². The van der Waals surface area contributed by atoms with Crippen molar-refractivity contribution in [1.29, 1.82) is 0 Å². The van der Waals surface area contributed by atoms with Gasteiger partial charge in [0.15, 0.2) is 0 Å². The van der Waals surface area contributed by atoms with Crippen molar-refractivity contribution in [3.63, 3.8) is 0 Å². The third-order valence-electron chi connectivity index (χ3n) is 3.08. The van der Waals surface area contributed by atoms with Crippen molar-refractivity contribution in [3.8, 4) is 0 Å². The second-order valence-electron chi connectivity index (χ2n) is 4.33. The van der Waals surface area contributed by atoms with Crippen molar-refractivity contribution in [2.24, 2.45) is 5.92 Å². The fourth-order valence-electron chi connectivity index (χ4n) is 2.13. The number of carboxylic acid groups (broad SMARTS) is 1. The molecule has 1 saturated heterocycles. The maximum atomic E-state index is 11.9. The summed E-state index contributed by atoms with van der Waals surface area (Å²) in [7, 11) is 0. The van der Waals surface area contributed by atoms with Gasteiger partial charge >= 0.3 is 5.97 Å². The summed E-state index contributed by atoms with van der Waals surface area (Å²) in [6.07, 6.45) is 4.79. The Morgan fingerprint density at radius 1 is 1.59 bits per heavy atom. The summed E-state index contributed by atoms with van der Waals surface area (Å²) >= 11 is 0. The molecular weight excluding hydrogens is 222 g/mol. The number of carbonyl (C=O) groups excluding carboxylic acids is 1. The number of carbonyl (C=O) groups is 2. The van der Waals surface area contributed by atoms with Gasteiger partial charge in [0.05, 0.1) is 11.8 Å². The highest BCUT2D eigenvalue weighted by Crippen LogP contribution is 2.22. The first kappa shape index (κ1) is 11.6. The Labute approximate surface area is 98.6 Å². The molecule has 0 saturated carbocycles. The molecule has 6 nitrogen and oxygen atoms in total. The predicted octanol–water partition coefficient (Wildman–Crippen LogP) is 0.737. The molecule has 0 aromatic carbocycles. The maximum Gasteiger partial charge on any atom is 0.303 e. The number of amides is 1. The Kier molecular flexibility index (Phi) is 3.41. The van der Waals surface area contributed by atoms with Crippen molar-refractivity contribution >= 4 is 11.9 Å². The minimum atomic E-state index is -0.774. The molecule has 1 aromatic rings. The summed E-state index contributed by atoms with van der Waals surface area (Å²) in [6, 6.07) is 0. The number of H-pyrrole nitrogens is 1. The van der Waals surface area contributed by atoms with Gasteiger partial charge in [0.2, 0.25) is 0 Å². The quantitative estimate of drug-likeness (QED) is 0.808. The van der Waals surface area contributed by atoms with Crippen molar-refractivity contribution in [3.05, 3.63) is 18.0 Å². The summed E-state index contributed by atoms with van der Waals surface area (Å²) in [5.74, 6) is -0.497. The maximum absolute atomic E-state index is 11.9. The van der Waals surface area contributed by atoms with Crippen LogP contribution in [0.2, 0.25) is 0 Å². The summed E-state index contributed by atoms with van der Waals surface area (Å²) in [5.41, 5.74) is 0.559. The van der Waals surface area contributed by atoms with Crippen LogP contribution in [-0.4, -0.2) is 45.2 Å². The van der Waals surface area contributed by atoms with Gasteiger partial charge < -0.3 is 10.0 Å². The fourth-order valence-corrected chi connectivity index (χ4v) is 2.13. The molecule has 1 aliphatic rings. The molecule has 17 heavy (non-hydrogen) atoms. The predicted molar refractivity (Wildman–Crippen MR) is 59.5 cm³/mol. The van der Waals surface area contributed by atoms with Gasteiger partial charge in [-0.15, -0.1) is 0 Å². The van der Waals surface area contributed by atoms with Gasteiger partial charge in [-0.3, -0.25) is 14.7 Å². The molecule has 2 heterocycles. The standard InChI is InChI=1S/C11H15N3O3/c15-10(16)2-1-8-3-4-14(7-8)11(17)9-5-12-13-6-9/h5-6,8H,1-4,7H2,(H,12,13)(H,15,16). The van der Waals surface area contributed by atoms with E-state index < -0.39 is 5.97 Å². The van der Waals surface area contributed by atoms with Gasteiger partial charge in [0, 0.05) is 25.7 Å². The minimum absolute atomic E-state index is 0.0309. The van der Waals surface area contributed by atoms with E-state index in [-0.39, 0.29) is 12.3 Å². The SMILES string of the molecule is O=C(O)CCC1CCN(C(=O)c2cn[nH]c2)C1. The number of aliphatic carboxylic acids is 1. The van der Waals surface area contributed by atoms with Crippen LogP contribution in [0.25, 0.3) is 0 Å². The van der Waals surface area contributed by atoms with Crippen LogP contribution < -0.4 is 0 Å². The third-order valence-corrected chi connectivity index (χ3v) is 3.08. The Morgan fingerprint density at radius 2 is 2.41 bits per heavy atom. The number of aromatic nitrogens is 2. The second kappa shape index (κ2) is 4.99. The summed E-state index contributed by atoms with van der Waals surface area (Å²) in [6.45, 7) is 1.35. The molecule has 1 amide bonds. The van der Waals surface area contributed by atoms with Crippen LogP contribution in [0.15, 0.2) is 12.4 Å². The van der Waals surface area contributed by atoms with E-state index in [1.807, 2.05) is 0 Å². The molecule has 1 fully saturated rings. The first-order chi connectivity index (χ1) is 8.16. The summed E-state index contributed by atoms with van der Waals surface area (Å²) < 4.78 is 0. The van der Waals surface area contributed by atoms with Crippen molar-refractivity contribution in [2.45, 2.75) is 19.3 Å². The van der Waals surface area contributed by atoms with Crippen LogP contribution >= 0.6 is 0 Å². The molecule has 0 spiro atoms. The highest BCUT2D eigenvalue weighted by molar-refractivity contribution is 5.93. The lowest BCUT2D eigenvalue weighted by Gasteiger charge is -2.15. The first-order valence-electron chi connectivity index (χ1n) is 5.66. The molecule has 0 bridgehead atoms. The molecule has 1 unspecified atom stereocenters. The molecule has 2 N–H and O–H groups in total. The smallest absolute Gasteiger partial charge is 0.303 e. The van der Waals surface area contributed by atoms with Crippen LogP contribution in [0.5, 0.6) is 0 Å². The monoisotopic (exact) mass is 237 g/mol. The van der Waals surface area contributed by atoms with Crippen LogP contribution in [0.4, 0.5) is 0 Å². The van der Waals surface area contributed by atoms with Gasteiger partial charge in [0.1, 0.15) is 0 Å². The summed E-state index contributed by atoms with van der Waals surface area (Å²) in [4.78, 5) is 24.2. The number of nitrogens with zero attached hydrogens (tertiary/aromatic N) is 2. The Balaban J connectivity index is 1.85. The Bertz CT molecular complexity index is 402.